The highest BCUT2D eigenvalue weighted by atomic mass is 28.3. The van der Waals surface area contributed by atoms with E-state index in [4.69, 9.17) is 0 Å². The van der Waals surface area contributed by atoms with E-state index in [2.05, 4.69) is 11.5 Å². The van der Waals surface area contributed by atoms with Crippen molar-refractivity contribution >= 4 is 24.9 Å². The van der Waals surface area contributed by atoms with Gasteiger partial charge in [-0.3, -0.25) is 4.79 Å². The fourth-order valence-corrected chi connectivity index (χ4v) is 3.41. The number of benzene rings is 1. The number of hydrogen-bond donors (Lipinski definition) is 1. The fourth-order valence-electron chi connectivity index (χ4n) is 2.91. The molecule has 0 aliphatic carbocycles. The van der Waals surface area contributed by atoms with Crippen molar-refractivity contribution in [2.24, 2.45) is 0 Å². The molecule has 2 aromatic rings. The van der Waals surface area contributed by atoms with E-state index in [1.165, 1.54) is 0 Å². The molecule has 0 atom stereocenters. The maximum absolute atomic E-state index is 14.6. The molecule has 0 amide bonds. The summed E-state index contributed by atoms with van der Waals surface area (Å²) < 4.78 is 30.2. The summed E-state index contributed by atoms with van der Waals surface area (Å²) in [5, 5.41) is 9.29. The molecule has 26 heavy (non-hydrogen) atoms. The van der Waals surface area contributed by atoms with Crippen molar-refractivity contribution in [1.29, 1.82) is 0 Å². The molecule has 138 valence electrons. The predicted octanol–water partition coefficient (Wildman–Crippen LogP) is 3.79. The van der Waals surface area contributed by atoms with Gasteiger partial charge in [0.05, 0.1) is 16.5 Å². The van der Waals surface area contributed by atoms with Crippen molar-refractivity contribution in [2.45, 2.75) is 46.5 Å². The Morgan fingerprint density at radius 3 is 2.35 bits per heavy atom. The first-order chi connectivity index (χ1) is 12.0. The highest BCUT2D eigenvalue weighted by Crippen LogP contribution is 2.25. The van der Waals surface area contributed by atoms with Crippen molar-refractivity contribution in [3.63, 3.8) is 0 Å². The fraction of sp³-hybridized carbons (Fsp3) is 0.368. The van der Waals surface area contributed by atoms with Crippen molar-refractivity contribution in [2.75, 3.05) is 0 Å². The number of pyridine rings is 1. The summed E-state index contributed by atoms with van der Waals surface area (Å²) in [5.74, 6) is -0.977. The first-order valence-corrected chi connectivity index (χ1v) is 11.9. The molecule has 0 unspecified atom stereocenters. The predicted molar refractivity (Wildman–Crippen MR) is 100 cm³/mol. The first kappa shape index (κ1) is 19.9. The summed E-state index contributed by atoms with van der Waals surface area (Å²) in [7, 11) is -1.89. The Labute approximate surface area is 151 Å². The molecule has 1 aromatic carbocycles. The van der Waals surface area contributed by atoms with Crippen molar-refractivity contribution in [1.82, 2.24) is 4.57 Å². The van der Waals surface area contributed by atoms with E-state index >= 15 is 0 Å². The maximum atomic E-state index is 14.6. The van der Waals surface area contributed by atoms with E-state index in [1.807, 2.05) is 19.6 Å². The van der Waals surface area contributed by atoms with Gasteiger partial charge in [0.15, 0.2) is 11.6 Å². The van der Waals surface area contributed by atoms with Crippen LogP contribution in [0.1, 0.15) is 35.5 Å². The minimum absolute atomic E-state index is 0.156. The van der Waals surface area contributed by atoms with Gasteiger partial charge in [0.25, 0.3) is 0 Å². The Kier molecular flexibility index (Phi) is 5.38. The number of aromatic carboxylic acids is 1. The third-order valence-electron chi connectivity index (χ3n) is 3.98. The molecule has 0 saturated heterocycles. The molecule has 7 heteroatoms. The Balaban J connectivity index is 3.17. The van der Waals surface area contributed by atoms with E-state index in [0.717, 1.165) is 6.07 Å². The molecule has 0 aliphatic heterocycles. The summed E-state index contributed by atoms with van der Waals surface area (Å²) >= 11 is 0. The van der Waals surface area contributed by atoms with Gasteiger partial charge in [0.1, 0.15) is 13.6 Å². The minimum atomic E-state index is -1.89. The van der Waals surface area contributed by atoms with Gasteiger partial charge < -0.3 is 9.67 Å². The molecule has 1 aromatic heterocycles. The summed E-state index contributed by atoms with van der Waals surface area (Å²) in [6.07, 6.45) is 0.264. The quantitative estimate of drug-likeness (QED) is 0.654. The van der Waals surface area contributed by atoms with Gasteiger partial charge in [0.2, 0.25) is 5.43 Å². The zero-order chi connectivity index (χ0) is 19.8. The smallest absolute Gasteiger partial charge is 0.341 e. The van der Waals surface area contributed by atoms with E-state index in [1.54, 1.807) is 18.4 Å². The van der Waals surface area contributed by atoms with Gasteiger partial charge in [-0.1, -0.05) is 32.5 Å². The molecule has 1 N–H and O–H groups in total. The molecule has 0 fully saturated rings. The van der Waals surface area contributed by atoms with Gasteiger partial charge >= 0.3 is 5.97 Å². The maximum Gasteiger partial charge on any atom is 0.341 e. The van der Waals surface area contributed by atoms with Crippen molar-refractivity contribution in [3.8, 4) is 11.5 Å². The van der Waals surface area contributed by atoms with Crippen LogP contribution in [-0.4, -0.2) is 23.7 Å². The Morgan fingerprint density at radius 2 is 1.88 bits per heavy atom. The average Bonchev–Trinajstić information content (AvgIpc) is 2.54. The van der Waals surface area contributed by atoms with Crippen LogP contribution in [0.5, 0.6) is 0 Å². The molecule has 0 aliphatic rings. The number of carbonyl (C=O) groups is 1. The van der Waals surface area contributed by atoms with Gasteiger partial charge in [-0.25, -0.2) is 13.6 Å². The molecule has 1 heterocycles. The Hall–Kier alpha value is -2.46. The van der Waals surface area contributed by atoms with Crippen LogP contribution in [0, 0.1) is 23.1 Å². The average molecular weight is 377 g/mol. The number of hydrogen-bond acceptors (Lipinski definition) is 2. The van der Waals surface area contributed by atoms with Gasteiger partial charge in [0, 0.05) is 12.2 Å². The van der Waals surface area contributed by atoms with Crippen LogP contribution >= 0.6 is 0 Å². The van der Waals surface area contributed by atoms with E-state index < -0.39 is 36.7 Å². The molecule has 0 bridgehead atoms. The number of aromatic nitrogens is 1. The van der Waals surface area contributed by atoms with Crippen LogP contribution in [0.25, 0.3) is 10.9 Å². The van der Waals surface area contributed by atoms with Crippen LogP contribution in [0.3, 0.4) is 0 Å². The molecule has 4 nitrogen and oxygen atoms in total. The number of rotatable bonds is 3. The molecule has 2 rings (SSSR count). The topological polar surface area (TPSA) is 59.3 Å². The van der Waals surface area contributed by atoms with E-state index in [0.29, 0.717) is 6.54 Å². The summed E-state index contributed by atoms with van der Waals surface area (Å²) in [6.45, 7) is 9.66. The lowest BCUT2D eigenvalue weighted by Gasteiger charge is -2.18. The molecular formula is C19H21F2NO3Si. The normalized spacial score (nSPS) is 11.3. The number of carboxylic acids is 1. The lowest BCUT2D eigenvalue weighted by molar-refractivity contribution is 0.0693. The van der Waals surface area contributed by atoms with Crippen molar-refractivity contribution in [3.05, 3.63) is 44.7 Å². The van der Waals surface area contributed by atoms with Crippen molar-refractivity contribution < 1.29 is 18.7 Å². The second-order valence-corrected chi connectivity index (χ2v) is 11.7. The van der Waals surface area contributed by atoms with Gasteiger partial charge in [-0.15, -0.1) is 5.54 Å². The summed E-state index contributed by atoms with van der Waals surface area (Å²) in [4.78, 5) is 24.3. The second-order valence-electron chi connectivity index (χ2n) is 7.00. The highest BCUT2D eigenvalue weighted by Gasteiger charge is 2.25. The van der Waals surface area contributed by atoms with Crippen LogP contribution in [0.2, 0.25) is 19.6 Å². The largest absolute Gasteiger partial charge is 0.477 e. The third kappa shape index (κ3) is 3.42. The summed E-state index contributed by atoms with van der Waals surface area (Å²) in [6, 6.07) is 0.769. The lowest BCUT2D eigenvalue weighted by Crippen LogP contribution is -2.25. The molecule has 0 spiro atoms. The van der Waals surface area contributed by atoms with Gasteiger partial charge in [-0.05, 0) is 19.4 Å². The molecule has 0 saturated carbocycles. The third-order valence-corrected chi connectivity index (χ3v) is 4.85. The number of nitrogens with zero attached hydrogens (tertiary/aromatic N) is 1. The lowest BCUT2D eigenvalue weighted by atomic mass is 10.0. The molecule has 0 radical (unpaired) electrons. The first-order valence-electron chi connectivity index (χ1n) is 8.37. The minimum Gasteiger partial charge on any atom is -0.477 e. The van der Waals surface area contributed by atoms with E-state index in [-0.39, 0.29) is 28.6 Å². The van der Waals surface area contributed by atoms with Crippen LogP contribution in [0.15, 0.2) is 10.9 Å². The zero-order valence-corrected chi connectivity index (χ0v) is 16.5. The molecular weight excluding hydrogens is 356 g/mol. The zero-order valence-electron chi connectivity index (χ0n) is 15.5. The standard InChI is InChI=1S/C19H21F2NO3Si/c1-6-14-15(19(24)25)18(23)12-10-13(20)16(21)11(8-9-26(3,4)5)17(12)22(14)7-2/h10H,6-7H2,1-5H3,(H,24,25). The number of halogens is 2. The number of fused-ring (bicyclic) bond motifs is 1. The van der Waals surface area contributed by atoms with Crippen LogP contribution in [0.4, 0.5) is 8.78 Å². The van der Waals surface area contributed by atoms with E-state index in [9.17, 15) is 23.5 Å². The number of carboxylic acid groups (broad SMARTS) is 1. The highest BCUT2D eigenvalue weighted by molar-refractivity contribution is 6.83. The Morgan fingerprint density at radius 1 is 1.27 bits per heavy atom. The summed E-state index contributed by atoms with van der Waals surface area (Å²) in [5.41, 5.74) is 2.02. The van der Waals surface area contributed by atoms with Crippen LogP contribution < -0.4 is 5.43 Å². The monoisotopic (exact) mass is 377 g/mol. The van der Waals surface area contributed by atoms with Gasteiger partial charge in [-0.2, -0.15) is 0 Å². The number of aryl methyl sites for hydroxylation is 1. The van der Waals surface area contributed by atoms with Crippen LogP contribution in [-0.2, 0) is 13.0 Å². The Bertz CT molecular complexity index is 1020. The SMILES string of the molecule is CCc1c(C(=O)O)c(=O)c2cc(F)c(F)c(C#C[Si](C)(C)C)c2n1CC. The second kappa shape index (κ2) is 7.04.